The van der Waals surface area contributed by atoms with Gasteiger partial charge in [-0.1, -0.05) is 133 Å². The number of fused-ring (bicyclic) bond motifs is 4. The molecule has 2 aliphatic rings. The average molecular weight is 631 g/mol. The molecule has 2 N–H and O–H groups in total. The van der Waals surface area contributed by atoms with Crippen molar-refractivity contribution in [1.82, 2.24) is 0 Å². The number of rotatable bonds is 8. The fourth-order valence-corrected chi connectivity index (χ4v) is 6.98. The van der Waals surface area contributed by atoms with Crippen LogP contribution in [0.3, 0.4) is 0 Å². The zero-order valence-corrected chi connectivity index (χ0v) is 26.4. The van der Waals surface area contributed by atoms with E-state index in [-0.39, 0.29) is 26.4 Å². The third kappa shape index (κ3) is 5.49. The minimum absolute atomic E-state index is 0.0702. The summed E-state index contributed by atoms with van der Waals surface area (Å²) in [5, 5.41) is 24.2. The maximum absolute atomic E-state index is 9.79. The van der Waals surface area contributed by atoms with Crippen LogP contribution in [-0.4, -0.2) is 48.8 Å². The summed E-state index contributed by atoms with van der Waals surface area (Å²) in [6.07, 6.45) is 3.68. The lowest BCUT2D eigenvalue weighted by Gasteiger charge is -2.32. The first kappa shape index (κ1) is 28.0. The van der Waals surface area contributed by atoms with E-state index in [9.17, 15) is 13.0 Å². The second-order valence-corrected chi connectivity index (χ2v) is 11.9. The summed E-state index contributed by atoms with van der Waals surface area (Å²) in [6, 6.07) is 41.5. The van der Waals surface area contributed by atoms with Gasteiger partial charge in [0, 0.05) is 0 Å². The highest BCUT2D eigenvalue weighted by molar-refractivity contribution is 6.05. The molecule has 0 radical (unpaired) electrons. The van der Waals surface area contributed by atoms with E-state index in [1.54, 1.807) is 12.2 Å². The lowest BCUT2D eigenvalue weighted by atomic mass is 9.78. The van der Waals surface area contributed by atoms with Crippen LogP contribution in [0.15, 0.2) is 133 Å². The van der Waals surface area contributed by atoms with Crippen LogP contribution in [-0.2, 0) is 9.47 Å². The molecule has 48 heavy (non-hydrogen) atoms. The Labute approximate surface area is 283 Å². The molecule has 2 aliphatic carbocycles. The molecule has 2 atom stereocenters. The van der Waals surface area contributed by atoms with Gasteiger partial charge in [0.1, 0.15) is 12.2 Å². The van der Waals surface area contributed by atoms with E-state index in [1.807, 2.05) is 48.6 Å². The standard InChI is InChI=1S/C44H36O4/c45-23-25-47-41-21-17-33-27-31(37-13-5-9-29-7-1-3-11-35(29)37)15-19-39(33)43(41)44-40-20-16-32(28-34(40)18-22-42(44)48-26-24-46)38-14-6-10-30-8-2-4-12-36(30)38/h1-22,27-28,41-42,45-46H,23-26H2/i41D,42D. The molecule has 8 rings (SSSR count). The third-order valence-corrected chi connectivity index (χ3v) is 9.11. The molecule has 2 unspecified atom stereocenters. The Bertz CT molecular complexity index is 2180. The Balaban J connectivity index is 1.36. The number of aliphatic hydroxyl groups excluding tert-OH is 2. The number of hydrogen-bond donors (Lipinski definition) is 2. The first-order valence-corrected chi connectivity index (χ1v) is 16.3. The van der Waals surface area contributed by atoms with Gasteiger partial charge in [0.15, 0.2) is 0 Å². The van der Waals surface area contributed by atoms with Gasteiger partial charge in [-0.25, -0.2) is 0 Å². The van der Waals surface area contributed by atoms with Gasteiger partial charge in [-0.05, 0) is 89.3 Å². The summed E-state index contributed by atoms with van der Waals surface area (Å²) in [5.74, 6) is 0. The van der Waals surface area contributed by atoms with Crippen LogP contribution in [0.2, 0.25) is 0 Å². The van der Waals surface area contributed by atoms with Crippen molar-refractivity contribution in [3.8, 4) is 22.3 Å². The number of aliphatic hydroxyl groups is 2. The average Bonchev–Trinajstić information content (AvgIpc) is 3.16. The van der Waals surface area contributed by atoms with Crippen molar-refractivity contribution in [2.45, 2.75) is 12.2 Å². The molecule has 0 saturated carbocycles. The summed E-state index contributed by atoms with van der Waals surface area (Å²) >= 11 is 0. The largest absolute Gasteiger partial charge is 0.394 e. The Morgan fingerprint density at radius 3 is 1.40 bits per heavy atom. The van der Waals surface area contributed by atoms with Crippen LogP contribution in [0.25, 0.3) is 67.1 Å². The van der Waals surface area contributed by atoms with Gasteiger partial charge in [0.2, 0.25) is 0 Å². The van der Waals surface area contributed by atoms with Crippen molar-refractivity contribution >= 4 is 44.8 Å². The lowest BCUT2D eigenvalue weighted by Crippen LogP contribution is -2.25. The molecule has 6 aromatic carbocycles. The normalized spacial score (nSPS) is 22.0. The van der Waals surface area contributed by atoms with E-state index >= 15 is 0 Å². The lowest BCUT2D eigenvalue weighted by molar-refractivity contribution is 0.0765. The highest BCUT2D eigenvalue weighted by Gasteiger charge is 2.31. The second-order valence-electron chi connectivity index (χ2n) is 11.9. The Morgan fingerprint density at radius 1 is 0.500 bits per heavy atom. The van der Waals surface area contributed by atoms with E-state index in [1.165, 1.54) is 0 Å². The molecule has 236 valence electrons. The summed E-state index contributed by atoms with van der Waals surface area (Å²) < 4.78 is 31.7. The Hall–Kier alpha value is -5.10. The van der Waals surface area contributed by atoms with Crippen LogP contribution in [0.4, 0.5) is 0 Å². The van der Waals surface area contributed by atoms with Crippen LogP contribution in [0.5, 0.6) is 0 Å². The van der Waals surface area contributed by atoms with Gasteiger partial charge in [-0.2, -0.15) is 0 Å². The molecule has 0 fully saturated rings. The first-order chi connectivity index (χ1) is 24.4. The van der Waals surface area contributed by atoms with E-state index in [4.69, 9.17) is 9.47 Å². The van der Waals surface area contributed by atoms with Crippen molar-refractivity contribution in [3.05, 3.63) is 156 Å². The number of hydrogen-bond acceptors (Lipinski definition) is 4. The van der Waals surface area contributed by atoms with Gasteiger partial charge >= 0.3 is 0 Å². The molecule has 0 heterocycles. The van der Waals surface area contributed by atoms with Crippen molar-refractivity contribution in [1.29, 1.82) is 0 Å². The SMILES string of the molecule is [2H]C1(OCCO)C=Cc2cc(-c3cccc4ccccc34)ccc2C1=C1c2ccc(-c3cccc4ccccc34)cc2C=CC1([2H])OCCO. The third-order valence-electron chi connectivity index (χ3n) is 9.11. The number of benzene rings is 6. The summed E-state index contributed by atoms with van der Waals surface area (Å²) in [6.45, 7) is -0.664. The van der Waals surface area contributed by atoms with Crippen molar-refractivity contribution < 1.29 is 22.4 Å². The Morgan fingerprint density at radius 2 is 0.938 bits per heavy atom. The fraction of sp³-hybridized carbons (Fsp3) is 0.136. The highest BCUT2D eigenvalue weighted by atomic mass is 16.5. The molecule has 0 bridgehead atoms. The molecule has 0 saturated heterocycles. The van der Waals surface area contributed by atoms with E-state index in [2.05, 4.69) is 84.9 Å². The van der Waals surface area contributed by atoms with Gasteiger partial charge < -0.3 is 19.7 Å². The summed E-state index contributed by atoms with van der Waals surface area (Å²) in [5.41, 5.74) is 8.41. The maximum Gasteiger partial charge on any atom is 0.102 e. The van der Waals surface area contributed by atoms with Gasteiger partial charge in [-0.3, -0.25) is 0 Å². The molecule has 0 aliphatic heterocycles. The number of ether oxygens (including phenoxy) is 2. The predicted octanol–water partition coefficient (Wildman–Crippen LogP) is 9.05. The molecule has 0 aromatic heterocycles. The topological polar surface area (TPSA) is 58.9 Å². The highest BCUT2D eigenvalue weighted by Crippen LogP contribution is 2.45. The quantitative estimate of drug-likeness (QED) is 0.176. The zero-order valence-electron chi connectivity index (χ0n) is 28.4. The molecular weight excluding hydrogens is 592 g/mol. The molecule has 4 nitrogen and oxygen atoms in total. The molecule has 0 spiro atoms. The minimum Gasteiger partial charge on any atom is -0.394 e. The van der Waals surface area contributed by atoms with Crippen LogP contribution < -0.4 is 0 Å². The molecule has 4 heteroatoms. The first-order valence-electron chi connectivity index (χ1n) is 17.3. The smallest absolute Gasteiger partial charge is 0.102 e. The van der Waals surface area contributed by atoms with E-state index < -0.39 is 12.2 Å². The molecule has 6 aromatic rings. The summed E-state index contributed by atoms with van der Waals surface area (Å²) in [7, 11) is 0. The molecular formula is C44H36O4. The minimum atomic E-state index is -1.74. The monoisotopic (exact) mass is 630 g/mol. The zero-order chi connectivity index (χ0) is 34.3. The van der Waals surface area contributed by atoms with Crippen LogP contribution in [0.1, 0.15) is 25.0 Å². The van der Waals surface area contributed by atoms with Gasteiger partial charge in [0.25, 0.3) is 0 Å². The van der Waals surface area contributed by atoms with Gasteiger partial charge in [0.05, 0.1) is 29.2 Å². The van der Waals surface area contributed by atoms with Crippen molar-refractivity contribution in [3.63, 3.8) is 0 Å². The fourth-order valence-electron chi connectivity index (χ4n) is 6.98. The predicted molar refractivity (Wildman–Crippen MR) is 197 cm³/mol. The van der Waals surface area contributed by atoms with Crippen LogP contribution in [0, 0.1) is 0 Å². The second kappa shape index (κ2) is 13.2. The van der Waals surface area contributed by atoms with Gasteiger partial charge in [-0.15, -0.1) is 0 Å². The van der Waals surface area contributed by atoms with E-state index in [0.29, 0.717) is 11.1 Å². The van der Waals surface area contributed by atoms with Crippen molar-refractivity contribution in [2.75, 3.05) is 26.4 Å². The Kier molecular flexibility index (Phi) is 7.68. The van der Waals surface area contributed by atoms with E-state index in [0.717, 1.165) is 66.1 Å². The van der Waals surface area contributed by atoms with Crippen LogP contribution >= 0.6 is 0 Å². The molecule has 0 amide bonds. The van der Waals surface area contributed by atoms with Crippen molar-refractivity contribution in [2.24, 2.45) is 0 Å². The summed E-state index contributed by atoms with van der Waals surface area (Å²) in [4.78, 5) is 0. The maximum atomic E-state index is 9.79.